The fourth-order valence-corrected chi connectivity index (χ4v) is 3.78. The average molecular weight is 460 g/mol. The third kappa shape index (κ3) is 7.03. The second kappa shape index (κ2) is 11.1. The Balaban J connectivity index is 1.52. The van der Waals surface area contributed by atoms with Crippen LogP contribution < -0.4 is 15.4 Å². The van der Waals surface area contributed by atoms with Crippen molar-refractivity contribution in [3.63, 3.8) is 0 Å². The van der Waals surface area contributed by atoms with Crippen LogP contribution >= 0.6 is 11.3 Å². The summed E-state index contributed by atoms with van der Waals surface area (Å²) in [7, 11) is 5.45. The van der Waals surface area contributed by atoms with Crippen LogP contribution in [0.15, 0.2) is 29.6 Å². The second-order valence-electron chi connectivity index (χ2n) is 7.91. The lowest BCUT2D eigenvalue weighted by molar-refractivity contribution is -0.120. The van der Waals surface area contributed by atoms with E-state index < -0.39 is 0 Å². The third-order valence-electron chi connectivity index (χ3n) is 4.92. The van der Waals surface area contributed by atoms with E-state index in [0.717, 1.165) is 19.4 Å². The number of methoxy groups -OCH3 is 1. The summed E-state index contributed by atoms with van der Waals surface area (Å²) in [5.41, 5.74) is 1.11. The highest BCUT2D eigenvalue weighted by atomic mass is 32.1. The molecule has 3 amide bonds. The molecule has 3 rings (SSSR count). The quantitative estimate of drug-likeness (QED) is 0.529. The fraction of sp³-hybridized carbons (Fsp3) is 0.455. The van der Waals surface area contributed by atoms with Crippen LogP contribution in [0.4, 0.5) is 5.13 Å². The van der Waals surface area contributed by atoms with E-state index in [2.05, 4.69) is 15.6 Å². The molecule has 0 radical (unpaired) electrons. The molecule has 1 aromatic heterocycles. The normalized spacial score (nSPS) is 13.0. The summed E-state index contributed by atoms with van der Waals surface area (Å²) in [5.74, 6) is 0.0675. The summed E-state index contributed by atoms with van der Waals surface area (Å²) < 4.78 is 5.13. The Bertz CT molecular complexity index is 940. The van der Waals surface area contributed by atoms with Crippen LogP contribution in [-0.4, -0.2) is 79.4 Å². The number of rotatable bonds is 11. The Morgan fingerprint density at radius 2 is 1.88 bits per heavy atom. The predicted molar refractivity (Wildman–Crippen MR) is 123 cm³/mol. The standard InChI is InChI=1S/C22H29N5O4S/c1-26(2)11-10-23-19(28)12-16-14-32-22(24-16)25-20(29)13-27(17-6-7-17)21(30)15-4-8-18(31-3)9-5-15/h4-5,8-9,14,17H,6-7,10-13H2,1-3H3,(H,23,28)(H,24,25,29). The van der Waals surface area contributed by atoms with Gasteiger partial charge in [0.15, 0.2) is 5.13 Å². The van der Waals surface area contributed by atoms with Crippen molar-refractivity contribution < 1.29 is 19.1 Å². The third-order valence-corrected chi connectivity index (χ3v) is 5.73. The van der Waals surface area contributed by atoms with Gasteiger partial charge in [-0.1, -0.05) is 0 Å². The van der Waals surface area contributed by atoms with Crippen LogP contribution in [-0.2, 0) is 16.0 Å². The van der Waals surface area contributed by atoms with E-state index in [-0.39, 0.29) is 36.7 Å². The molecule has 32 heavy (non-hydrogen) atoms. The molecular formula is C22H29N5O4S. The molecule has 9 nitrogen and oxygen atoms in total. The highest BCUT2D eigenvalue weighted by Gasteiger charge is 2.34. The highest BCUT2D eigenvalue weighted by Crippen LogP contribution is 2.28. The predicted octanol–water partition coefficient (Wildman–Crippen LogP) is 1.62. The van der Waals surface area contributed by atoms with Gasteiger partial charge in [0.1, 0.15) is 12.3 Å². The Kier molecular flexibility index (Phi) is 8.18. The van der Waals surface area contributed by atoms with E-state index in [1.165, 1.54) is 11.3 Å². The zero-order valence-corrected chi connectivity index (χ0v) is 19.4. The molecule has 0 unspecified atom stereocenters. The number of hydrogen-bond donors (Lipinski definition) is 2. The summed E-state index contributed by atoms with van der Waals surface area (Å²) in [5, 5.41) is 7.75. The topological polar surface area (TPSA) is 104 Å². The van der Waals surface area contributed by atoms with Crippen molar-refractivity contribution in [2.24, 2.45) is 0 Å². The number of likely N-dealkylation sites (N-methyl/N-ethyl adjacent to an activating group) is 1. The summed E-state index contributed by atoms with van der Waals surface area (Å²) in [6, 6.07) is 6.93. The first-order valence-electron chi connectivity index (χ1n) is 10.5. The van der Waals surface area contributed by atoms with Gasteiger partial charge in [-0.2, -0.15) is 0 Å². The van der Waals surface area contributed by atoms with E-state index in [4.69, 9.17) is 4.74 Å². The van der Waals surface area contributed by atoms with Crippen LogP contribution in [0, 0.1) is 0 Å². The van der Waals surface area contributed by atoms with Gasteiger partial charge in [0.25, 0.3) is 5.91 Å². The fourth-order valence-electron chi connectivity index (χ4n) is 3.06. The van der Waals surface area contributed by atoms with Gasteiger partial charge in [-0.15, -0.1) is 11.3 Å². The minimum atomic E-state index is -0.310. The molecule has 1 heterocycles. The summed E-state index contributed by atoms with van der Waals surface area (Å²) in [6.45, 7) is 1.28. The maximum Gasteiger partial charge on any atom is 0.254 e. The van der Waals surface area contributed by atoms with Gasteiger partial charge in [-0.3, -0.25) is 14.4 Å². The number of hydrogen-bond acceptors (Lipinski definition) is 7. The molecule has 1 fully saturated rings. The van der Waals surface area contributed by atoms with Crippen LogP contribution in [0.25, 0.3) is 0 Å². The van der Waals surface area contributed by atoms with E-state index >= 15 is 0 Å². The second-order valence-corrected chi connectivity index (χ2v) is 8.77. The van der Waals surface area contributed by atoms with E-state index in [1.807, 2.05) is 19.0 Å². The minimum Gasteiger partial charge on any atom is -0.497 e. The lowest BCUT2D eigenvalue weighted by atomic mass is 10.2. The smallest absolute Gasteiger partial charge is 0.254 e. The first-order valence-corrected chi connectivity index (χ1v) is 11.3. The number of thiazole rings is 1. The number of nitrogens with one attached hydrogen (secondary N) is 2. The molecule has 0 saturated heterocycles. The summed E-state index contributed by atoms with van der Waals surface area (Å²) in [4.78, 5) is 45.4. The van der Waals surface area contributed by atoms with Crippen molar-refractivity contribution in [1.82, 2.24) is 20.1 Å². The number of nitrogens with zero attached hydrogens (tertiary/aromatic N) is 3. The van der Waals surface area contributed by atoms with Crippen molar-refractivity contribution in [2.75, 3.05) is 46.2 Å². The molecule has 0 spiro atoms. The molecule has 2 aromatic rings. The molecule has 1 aliphatic rings. The molecule has 1 aromatic carbocycles. The number of amides is 3. The molecule has 172 valence electrons. The first kappa shape index (κ1) is 23.7. The largest absolute Gasteiger partial charge is 0.497 e. The van der Waals surface area contributed by atoms with Gasteiger partial charge in [0, 0.05) is 30.1 Å². The number of benzene rings is 1. The number of ether oxygens (including phenoxy) is 1. The zero-order chi connectivity index (χ0) is 23.1. The lowest BCUT2D eigenvalue weighted by Crippen LogP contribution is -2.39. The molecule has 1 saturated carbocycles. The van der Waals surface area contributed by atoms with Crippen molar-refractivity contribution in [2.45, 2.75) is 25.3 Å². The number of carbonyl (C=O) groups excluding carboxylic acids is 3. The van der Waals surface area contributed by atoms with Crippen molar-refractivity contribution in [3.05, 3.63) is 40.9 Å². The average Bonchev–Trinajstić information content (AvgIpc) is 3.52. The van der Waals surface area contributed by atoms with Gasteiger partial charge >= 0.3 is 0 Å². The lowest BCUT2D eigenvalue weighted by Gasteiger charge is -2.21. The zero-order valence-electron chi connectivity index (χ0n) is 18.6. The van der Waals surface area contributed by atoms with Crippen LogP contribution in [0.1, 0.15) is 28.9 Å². The molecule has 2 N–H and O–H groups in total. The van der Waals surface area contributed by atoms with Crippen LogP contribution in [0.2, 0.25) is 0 Å². The molecule has 0 bridgehead atoms. The van der Waals surface area contributed by atoms with Crippen LogP contribution in [0.5, 0.6) is 5.75 Å². The minimum absolute atomic E-state index is 0.0462. The van der Waals surface area contributed by atoms with Gasteiger partial charge in [0.2, 0.25) is 11.8 Å². The van der Waals surface area contributed by atoms with E-state index in [9.17, 15) is 14.4 Å². The molecule has 0 aliphatic heterocycles. The Morgan fingerprint density at radius 3 is 2.50 bits per heavy atom. The maximum atomic E-state index is 12.9. The number of carbonyl (C=O) groups is 3. The Morgan fingerprint density at radius 1 is 1.16 bits per heavy atom. The molecule has 1 aliphatic carbocycles. The number of anilines is 1. The monoisotopic (exact) mass is 459 g/mol. The maximum absolute atomic E-state index is 12.9. The molecule has 0 atom stereocenters. The van der Waals surface area contributed by atoms with Gasteiger partial charge in [-0.25, -0.2) is 4.98 Å². The SMILES string of the molecule is COc1ccc(C(=O)N(CC(=O)Nc2nc(CC(=O)NCCN(C)C)cs2)C2CC2)cc1. The van der Waals surface area contributed by atoms with Crippen molar-refractivity contribution in [3.8, 4) is 5.75 Å². The van der Waals surface area contributed by atoms with Gasteiger partial charge in [-0.05, 0) is 51.2 Å². The number of aromatic nitrogens is 1. The van der Waals surface area contributed by atoms with E-state index in [0.29, 0.717) is 28.7 Å². The highest BCUT2D eigenvalue weighted by molar-refractivity contribution is 7.13. The summed E-state index contributed by atoms with van der Waals surface area (Å²) in [6.07, 6.45) is 1.93. The Labute approximate surface area is 191 Å². The van der Waals surface area contributed by atoms with Crippen molar-refractivity contribution >= 4 is 34.2 Å². The summed E-state index contributed by atoms with van der Waals surface area (Å²) >= 11 is 1.26. The van der Waals surface area contributed by atoms with Gasteiger partial charge in [0.05, 0.1) is 19.2 Å². The first-order chi connectivity index (χ1) is 15.4. The molecule has 10 heteroatoms. The van der Waals surface area contributed by atoms with Crippen molar-refractivity contribution in [1.29, 1.82) is 0 Å². The van der Waals surface area contributed by atoms with E-state index in [1.54, 1.807) is 41.7 Å². The Hall–Kier alpha value is -2.98. The molecular weight excluding hydrogens is 430 g/mol. The van der Waals surface area contributed by atoms with Crippen LogP contribution in [0.3, 0.4) is 0 Å². The van der Waals surface area contributed by atoms with Gasteiger partial charge < -0.3 is 25.2 Å².